The highest BCUT2D eigenvalue weighted by molar-refractivity contribution is 4.79. The Bertz CT molecular complexity index is 77.0. The fourth-order valence-electron chi connectivity index (χ4n) is 1.29. The van der Waals surface area contributed by atoms with Gasteiger partial charge in [0.1, 0.15) is 0 Å². The van der Waals surface area contributed by atoms with Crippen molar-refractivity contribution in [3.8, 4) is 0 Å². The highest BCUT2D eigenvalue weighted by atomic mass is 16.5. The van der Waals surface area contributed by atoms with Gasteiger partial charge in [0.05, 0.1) is 6.10 Å². The summed E-state index contributed by atoms with van der Waals surface area (Å²) < 4.78 is 5.08. The molecule has 1 fully saturated rings. The van der Waals surface area contributed by atoms with Crippen molar-refractivity contribution in [2.75, 3.05) is 13.7 Å². The lowest BCUT2D eigenvalue weighted by atomic mass is 9.80. The van der Waals surface area contributed by atoms with E-state index in [1.807, 2.05) is 0 Å². The van der Waals surface area contributed by atoms with Crippen molar-refractivity contribution in [2.24, 2.45) is 5.92 Å². The van der Waals surface area contributed by atoms with Gasteiger partial charge in [-0.2, -0.15) is 0 Å². The molecule has 0 amide bonds. The molecule has 1 N–H and O–H groups in total. The topological polar surface area (TPSA) is 29.5 Å². The lowest BCUT2D eigenvalue weighted by Crippen LogP contribution is -2.30. The minimum Gasteiger partial charge on any atom is -0.396 e. The van der Waals surface area contributed by atoms with Crippen LogP contribution in [0.3, 0.4) is 0 Å². The molecule has 1 aliphatic carbocycles. The average Bonchev–Trinajstić information content (AvgIpc) is 1.77. The van der Waals surface area contributed by atoms with Gasteiger partial charge in [-0.3, -0.25) is 0 Å². The molecule has 0 aromatic heterocycles. The monoisotopic (exact) mass is 130 g/mol. The third-order valence-corrected chi connectivity index (χ3v) is 2.06. The van der Waals surface area contributed by atoms with Crippen LogP contribution in [0.4, 0.5) is 0 Å². The number of hydrogen-bond donors (Lipinski definition) is 1. The van der Waals surface area contributed by atoms with Crippen molar-refractivity contribution in [1.82, 2.24) is 0 Å². The average molecular weight is 130 g/mol. The Morgan fingerprint density at radius 3 is 2.67 bits per heavy atom. The van der Waals surface area contributed by atoms with E-state index in [-0.39, 0.29) is 0 Å². The third kappa shape index (κ3) is 1.66. The van der Waals surface area contributed by atoms with E-state index >= 15 is 0 Å². The van der Waals surface area contributed by atoms with Crippen LogP contribution in [0, 0.1) is 5.92 Å². The number of hydrogen-bond acceptors (Lipinski definition) is 2. The van der Waals surface area contributed by atoms with Crippen molar-refractivity contribution in [1.29, 1.82) is 0 Å². The van der Waals surface area contributed by atoms with Crippen LogP contribution in [0.1, 0.15) is 19.3 Å². The van der Waals surface area contributed by atoms with E-state index in [9.17, 15) is 0 Å². The highest BCUT2D eigenvalue weighted by Gasteiger charge is 2.27. The predicted octanol–water partition coefficient (Wildman–Crippen LogP) is 0.794. The van der Waals surface area contributed by atoms with Gasteiger partial charge in [0.25, 0.3) is 0 Å². The van der Waals surface area contributed by atoms with Crippen molar-refractivity contribution in [3.05, 3.63) is 0 Å². The number of ether oxygens (including phenoxy) is 1. The maximum absolute atomic E-state index is 8.52. The van der Waals surface area contributed by atoms with Crippen LogP contribution in [-0.4, -0.2) is 24.9 Å². The first-order valence-electron chi connectivity index (χ1n) is 3.50. The maximum atomic E-state index is 8.52. The van der Waals surface area contributed by atoms with Gasteiger partial charge in [-0.05, 0) is 25.2 Å². The summed E-state index contributed by atoms with van der Waals surface area (Å²) in [5.74, 6) is 0.736. The maximum Gasteiger partial charge on any atom is 0.0576 e. The first-order valence-corrected chi connectivity index (χ1v) is 3.50. The normalized spacial score (nSPS) is 34.0. The largest absolute Gasteiger partial charge is 0.396 e. The van der Waals surface area contributed by atoms with E-state index in [1.54, 1.807) is 7.11 Å². The van der Waals surface area contributed by atoms with E-state index in [0.29, 0.717) is 12.7 Å². The Morgan fingerprint density at radius 1 is 1.56 bits per heavy atom. The summed E-state index contributed by atoms with van der Waals surface area (Å²) in [6.07, 6.45) is 3.75. The van der Waals surface area contributed by atoms with Gasteiger partial charge in [0, 0.05) is 13.7 Å². The Balaban J connectivity index is 1.98. The quantitative estimate of drug-likeness (QED) is 0.612. The molecular weight excluding hydrogens is 116 g/mol. The molecule has 0 heterocycles. The van der Waals surface area contributed by atoms with Gasteiger partial charge in [-0.1, -0.05) is 0 Å². The smallest absolute Gasteiger partial charge is 0.0576 e. The number of aliphatic hydroxyl groups is 1. The Hall–Kier alpha value is -0.0800. The van der Waals surface area contributed by atoms with Crippen LogP contribution in [0.25, 0.3) is 0 Å². The van der Waals surface area contributed by atoms with Crippen LogP contribution in [-0.2, 0) is 4.74 Å². The van der Waals surface area contributed by atoms with E-state index in [1.165, 1.54) is 0 Å². The summed E-state index contributed by atoms with van der Waals surface area (Å²) >= 11 is 0. The van der Waals surface area contributed by atoms with Crippen LogP contribution in [0.2, 0.25) is 0 Å². The molecular formula is C7H14O2. The molecule has 0 aromatic carbocycles. The summed E-state index contributed by atoms with van der Waals surface area (Å²) in [6.45, 7) is 0.334. The molecule has 1 aliphatic rings. The summed E-state index contributed by atoms with van der Waals surface area (Å²) in [5, 5.41) is 8.52. The first-order chi connectivity index (χ1) is 4.36. The lowest BCUT2D eigenvalue weighted by molar-refractivity contribution is -0.00633. The molecule has 0 radical (unpaired) electrons. The molecule has 0 unspecified atom stereocenters. The summed E-state index contributed by atoms with van der Waals surface area (Å²) in [7, 11) is 1.75. The molecule has 2 nitrogen and oxygen atoms in total. The summed E-state index contributed by atoms with van der Waals surface area (Å²) in [4.78, 5) is 0. The number of rotatable bonds is 3. The molecule has 1 saturated carbocycles. The molecule has 2 heteroatoms. The minimum atomic E-state index is 0.334. The fraction of sp³-hybridized carbons (Fsp3) is 1.00. The Morgan fingerprint density at radius 2 is 2.22 bits per heavy atom. The first kappa shape index (κ1) is 7.03. The van der Waals surface area contributed by atoms with Gasteiger partial charge >= 0.3 is 0 Å². The van der Waals surface area contributed by atoms with Crippen LogP contribution in [0.15, 0.2) is 0 Å². The van der Waals surface area contributed by atoms with Gasteiger partial charge in [0.15, 0.2) is 0 Å². The van der Waals surface area contributed by atoms with Gasteiger partial charge in [-0.25, -0.2) is 0 Å². The Labute approximate surface area is 55.8 Å². The molecule has 0 bridgehead atoms. The lowest BCUT2D eigenvalue weighted by Gasteiger charge is -2.33. The van der Waals surface area contributed by atoms with Crippen molar-refractivity contribution in [2.45, 2.75) is 25.4 Å². The summed E-state index contributed by atoms with van der Waals surface area (Å²) in [5.41, 5.74) is 0. The zero-order valence-corrected chi connectivity index (χ0v) is 5.84. The van der Waals surface area contributed by atoms with Gasteiger partial charge < -0.3 is 9.84 Å². The molecule has 0 aliphatic heterocycles. The molecule has 1 rings (SSSR count). The SMILES string of the molecule is COC1CC(CCO)C1. The van der Waals surface area contributed by atoms with Crippen molar-refractivity contribution in [3.63, 3.8) is 0 Å². The third-order valence-electron chi connectivity index (χ3n) is 2.06. The molecule has 9 heavy (non-hydrogen) atoms. The second-order valence-electron chi connectivity index (χ2n) is 2.71. The van der Waals surface area contributed by atoms with Gasteiger partial charge in [0.2, 0.25) is 0 Å². The molecule has 0 spiro atoms. The van der Waals surface area contributed by atoms with Crippen LogP contribution >= 0.6 is 0 Å². The second kappa shape index (κ2) is 3.18. The standard InChI is InChI=1S/C7H14O2/c1-9-7-4-6(5-7)2-3-8/h6-8H,2-5H2,1H3. The molecule has 0 saturated heterocycles. The Kier molecular flexibility index (Phi) is 2.49. The highest BCUT2D eigenvalue weighted by Crippen LogP contribution is 2.31. The van der Waals surface area contributed by atoms with Crippen molar-refractivity contribution >= 4 is 0 Å². The minimum absolute atomic E-state index is 0.334. The number of methoxy groups -OCH3 is 1. The fourth-order valence-corrected chi connectivity index (χ4v) is 1.29. The van der Waals surface area contributed by atoms with Gasteiger partial charge in [-0.15, -0.1) is 0 Å². The zero-order chi connectivity index (χ0) is 6.69. The van der Waals surface area contributed by atoms with Crippen LogP contribution in [0.5, 0.6) is 0 Å². The zero-order valence-electron chi connectivity index (χ0n) is 5.84. The molecule has 0 aromatic rings. The molecule has 54 valence electrons. The van der Waals surface area contributed by atoms with E-state index in [0.717, 1.165) is 25.2 Å². The van der Waals surface area contributed by atoms with Crippen LogP contribution < -0.4 is 0 Å². The van der Waals surface area contributed by atoms with E-state index in [2.05, 4.69) is 0 Å². The van der Waals surface area contributed by atoms with E-state index in [4.69, 9.17) is 9.84 Å². The van der Waals surface area contributed by atoms with Crippen molar-refractivity contribution < 1.29 is 9.84 Å². The molecule has 0 atom stereocenters. The summed E-state index contributed by atoms with van der Waals surface area (Å²) in [6, 6.07) is 0. The second-order valence-corrected chi connectivity index (χ2v) is 2.71. The van der Waals surface area contributed by atoms with E-state index < -0.39 is 0 Å². The number of aliphatic hydroxyl groups excluding tert-OH is 1. The predicted molar refractivity (Wildman–Crippen MR) is 35.2 cm³/mol.